The van der Waals surface area contributed by atoms with Gasteiger partial charge in [0.25, 0.3) is 0 Å². The third-order valence-corrected chi connectivity index (χ3v) is 4.16. The Bertz CT molecular complexity index is 859. The fourth-order valence-electron chi connectivity index (χ4n) is 3.10. The van der Waals surface area contributed by atoms with Crippen molar-refractivity contribution in [2.24, 2.45) is 0 Å². The van der Waals surface area contributed by atoms with Gasteiger partial charge in [0.2, 0.25) is 0 Å². The number of halogens is 3. The summed E-state index contributed by atoms with van der Waals surface area (Å²) in [5.41, 5.74) is 1.62. The minimum Gasteiger partial charge on any atom is -0.406 e. The summed E-state index contributed by atoms with van der Waals surface area (Å²) < 4.78 is 42.9. The molecule has 3 rings (SSSR count). The predicted molar refractivity (Wildman–Crippen MR) is 93.1 cm³/mol. The predicted octanol–water partition coefficient (Wildman–Crippen LogP) is 3.71. The smallest absolute Gasteiger partial charge is 0.406 e. The number of aromatic nitrogens is 1. The average molecular weight is 364 g/mol. The molecule has 3 aromatic rings. The number of rotatable bonds is 6. The minimum atomic E-state index is -4.73. The lowest BCUT2D eigenvalue weighted by molar-refractivity contribution is -0.274. The number of aliphatic hydroxyl groups excluding tert-OH is 1. The first-order valence-corrected chi connectivity index (χ1v) is 8.13. The van der Waals surface area contributed by atoms with Crippen LogP contribution in [0.2, 0.25) is 0 Å². The Morgan fingerprint density at radius 3 is 2.42 bits per heavy atom. The monoisotopic (exact) mass is 364 g/mol. The number of hydrogen-bond donors (Lipinski definition) is 2. The largest absolute Gasteiger partial charge is 0.573 e. The molecule has 0 saturated carbocycles. The molecule has 0 bridgehead atoms. The molecule has 1 heterocycles. The summed E-state index contributed by atoms with van der Waals surface area (Å²) in [6.07, 6.45) is -3.64. The van der Waals surface area contributed by atoms with Crippen molar-refractivity contribution >= 4 is 10.9 Å². The molecule has 0 aliphatic rings. The van der Waals surface area contributed by atoms with Gasteiger partial charge in [0.05, 0.1) is 12.1 Å². The zero-order valence-electron chi connectivity index (χ0n) is 14.1. The SMILES string of the molecule is CNC[C@@H](O)[C@H](c1ccc(OC(F)(F)F)cc1)n1ccc2ccccc21. The second-order valence-electron chi connectivity index (χ2n) is 5.97. The normalized spacial score (nSPS) is 14.3. The molecule has 2 N–H and O–H groups in total. The third kappa shape index (κ3) is 4.00. The first kappa shape index (κ1) is 18.3. The second-order valence-corrected chi connectivity index (χ2v) is 5.97. The van der Waals surface area contributed by atoms with Crippen molar-refractivity contribution in [3.05, 3.63) is 66.4 Å². The summed E-state index contributed by atoms with van der Waals surface area (Å²) in [7, 11) is 1.73. The molecule has 7 heteroatoms. The van der Waals surface area contributed by atoms with Crippen molar-refractivity contribution in [2.75, 3.05) is 13.6 Å². The molecule has 0 amide bonds. The van der Waals surface area contributed by atoms with Crippen molar-refractivity contribution < 1.29 is 23.0 Å². The van der Waals surface area contributed by atoms with Crippen molar-refractivity contribution in [3.63, 3.8) is 0 Å². The van der Waals surface area contributed by atoms with Gasteiger partial charge in [0.1, 0.15) is 5.75 Å². The van der Waals surface area contributed by atoms with Crippen molar-refractivity contribution in [3.8, 4) is 5.75 Å². The number of para-hydroxylation sites is 1. The van der Waals surface area contributed by atoms with E-state index in [1.54, 1.807) is 19.2 Å². The van der Waals surface area contributed by atoms with E-state index in [0.29, 0.717) is 12.1 Å². The lowest BCUT2D eigenvalue weighted by atomic mass is 10.0. The Labute approximate surface area is 148 Å². The van der Waals surface area contributed by atoms with Gasteiger partial charge in [-0.1, -0.05) is 30.3 Å². The highest BCUT2D eigenvalue weighted by Gasteiger charge is 2.31. The fraction of sp³-hybridized carbons (Fsp3) is 0.263. The van der Waals surface area contributed by atoms with Gasteiger partial charge in [-0.15, -0.1) is 13.2 Å². The van der Waals surface area contributed by atoms with Gasteiger partial charge in [0, 0.05) is 18.3 Å². The van der Waals surface area contributed by atoms with Crippen molar-refractivity contribution in [1.82, 2.24) is 9.88 Å². The van der Waals surface area contributed by atoms with E-state index in [4.69, 9.17) is 0 Å². The summed E-state index contributed by atoms with van der Waals surface area (Å²) in [4.78, 5) is 0. The van der Waals surface area contributed by atoms with Crippen LogP contribution in [-0.2, 0) is 0 Å². The number of nitrogens with one attached hydrogen (secondary N) is 1. The standard InChI is InChI=1S/C19H19F3N2O2/c1-23-12-17(25)18(24-11-10-13-4-2-3-5-16(13)24)14-6-8-15(9-7-14)26-19(20,21)22/h2-11,17-18,23,25H,12H2,1H3/t17-,18+/m1/s1. The molecule has 4 nitrogen and oxygen atoms in total. The van der Waals surface area contributed by atoms with Crippen LogP contribution in [0.1, 0.15) is 11.6 Å². The summed E-state index contributed by atoms with van der Waals surface area (Å²) in [5, 5.41) is 14.6. The number of hydrogen-bond acceptors (Lipinski definition) is 3. The molecule has 0 fully saturated rings. The highest BCUT2D eigenvalue weighted by Crippen LogP contribution is 2.30. The van der Waals surface area contributed by atoms with E-state index in [1.165, 1.54) is 12.1 Å². The van der Waals surface area contributed by atoms with Crippen LogP contribution in [0.15, 0.2) is 60.8 Å². The Morgan fingerprint density at radius 2 is 1.77 bits per heavy atom. The molecule has 1 aromatic heterocycles. The van der Waals surface area contributed by atoms with E-state index < -0.39 is 18.5 Å². The molecular weight excluding hydrogens is 345 g/mol. The molecular formula is C19H19F3N2O2. The number of benzene rings is 2. The van der Waals surface area contributed by atoms with Crippen molar-refractivity contribution in [1.29, 1.82) is 0 Å². The van der Waals surface area contributed by atoms with Crippen molar-refractivity contribution in [2.45, 2.75) is 18.5 Å². The topological polar surface area (TPSA) is 46.4 Å². The first-order chi connectivity index (χ1) is 12.4. The molecule has 0 saturated heterocycles. The lowest BCUT2D eigenvalue weighted by Crippen LogP contribution is -2.33. The third-order valence-electron chi connectivity index (χ3n) is 4.16. The molecule has 0 spiro atoms. The first-order valence-electron chi connectivity index (χ1n) is 8.13. The zero-order valence-corrected chi connectivity index (χ0v) is 14.1. The second kappa shape index (κ2) is 7.39. The molecule has 0 radical (unpaired) electrons. The maximum atomic E-state index is 12.4. The fourth-order valence-corrected chi connectivity index (χ4v) is 3.10. The van der Waals surface area contributed by atoms with Gasteiger partial charge in [-0.05, 0) is 42.3 Å². The van der Waals surface area contributed by atoms with E-state index in [0.717, 1.165) is 10.9 Å². The molecule has 0 aliphatic carbocycles. The Kier molecular flexibility index (Phi) is 5.20. The average Bonchev–Trinajstić information content (AvgIpc) is 3.00. The summed E-state index contributed by atoms with van der Waals surface area (Å²) in [6, 6.07) is 14.8. The highest BCUT2D eigenvalue weighted by atomic mass is 19.4. The Hall–Kier alpha value is -2.51. The lowest BCUT2D eigenvalue weighted by Gasteiger charge is -2.26. The van der Waals surface area contributed by atoms with Crippen LogP contribution in [0.4, 0.5) is 13.2 Å². The van der Waals surface area contributed by atoms with Gasteiger partial charge in [-0.25, -0.2) is 0 Å². The number of ether oxygens (including phenoxy) is 1. The molecule has 2 atom stereocenters. The number of fused-ring (bicyclic) bond motifs is 1. The Balaban J connectivity index is 1.99. The molecule has 0 aliphatic heterocycles. The number of aliphatic hydroxyl groups is 1. The van der Waals surface area contributed by atoms with Gasteiger partial charge in [0.15, 0.2) is 0 Å². The molecule has 138 valence electrons. The molecule has 2 aromatic carbocycles. The van der Waals surface area contributed by atoms with Crippen LogP contribution in [0.5, 0.6) is 5.75 Å². The van der Waals surface area contributed by atoms with Gasteiger partial charge in [-0.3, -0.25) is 0 Å². The number of nitrogens with zero attached hydrogens (tertiary/aromatic N) is 1. The van der Waals surface area contributed by atoms with Gasteiger partial charge in [-0.2, -0.15) is 0 Å². The summed E-state index contributed by atoms with van der Waals surface area (Å²) >= 11 is 0. The van der Waals surface area contributed by atoms with E-state index in [9.17, 15) is 18.3 Å². The maximum absolute atomic E-state index is 12.4. The number of alkyl halides is 3. The van der Waals surface area contributed by atoms with Crippen LogP contribution in [0.25, 0.3) is 10.9 Å². The quantitative estimate of drug-likeness (QED) is 0.701. The van der Waals surface area contributed by atoms with E-state index in [1.807, 2.05) is 41.1 Å². The van der Waals surface area contributed by atoms with Crippen LogP contribution in [0, 0.1) is 0 Å². The zero-order chi connectivity index (χ0) is 18.7. The van der Waals surface area contributed by atoms with Gasteiger partial charge >= 0.3 is 6.36 Å². The molecule has 0 unspecified atom stereocenters. The highest BCUT2D eigenvalue weighted by molar-refractivity contribution is 5.80. The summed E-state index contributed by atoms with van der Waals surface area (Å²) in [5.74, 6) is -0.291. The number of likely N-dealkylation sites (N-methyl/N-ethyl adjacent to an activating group) is 1. The van der Waals surface area contributed by atoms with Gasteiger partial charge < -0.3 is 19.7 Å². The Morgan fingerprint density at radius 1 is 1.08 bits per heavy atom. The van der Waals surface area contributed by atoms with Crippen LogP contribution < -0.4 is 10.1 Å². The van der Waals surface area contributed by atoms with Crippen LogP contribution in [0.3, 0.4) is 0 Å². The van der Waals surface area contributed by atoms with Crippen LogP contribution >= 0.6 is 0 Å². The van der Waals surface area contributed by atoms with E-state index in [2.05, 4.69) is 10.1 Å². The van der Waals surface area contributed by atoms with E-state index >= 15 is 0 Å². The summed E-state index contributed by atoms with van der Waals surface area (Å²) in [6.45, 7) is 0.331. The molecule has 26 heavy (non-hydrogen) atoms. The minimum absolute atomic E-state index is 0.291. The van der Waals surface area contributed by atoms with Crippen LogP contribution in [-0.4, -0.2) is 35.7 Å². The maximum Gasteiger partial charge on any atom is 0.573 e. The van der Waals surface area contributed by atoms with E-state index in [-0.39, 0.29) is 5.75 Å².